The lowest BCUT2D eigenvalue weighted by Crippen LogP contribution is -2.41. The van der Waals surface area contributed by atoms with Crippen LogP contribution >= 0.6 is 15.9 Å². The molecule has 5 rings (SSSR count). The molecule has 1 fully saturated rings. The van der Waals surface area contributed by atoms with Crippen molar-refractivity contribution >= 4 is 33.7 Å². The van der Waals surface area contributed by atoms with Crippen LogP contribution in [-0.4, -0.2) is 70.8 Å². The lowest BCUT2D eigenvalue weighted by Gasteiger charge is -2.24. The number of fused-ring (bicyclic) bond motifs is 1. The highest BCUT2D eigenvalue weighted by Crippen LogP contribution is 2.32. The van der Waals surface area contributed by atoms with E-state index in [1.165, 1.54) is 4.90 Å². The van der Waals surface area contributed by atoms with E-state index in [0.717, 1.165) is 24.0 Å². The Labute approximate surface area is 241 Å². The molecule has 3 aromatic rings. The maximum Gasteiger partial charge on any atom is 0.254 e. The number of aliphatic hydroxyl groups excluding tert-OH is 1. The van der Waals surface area contributed by atoms with E-state index < -0.39 is 12.1 Å². The van der Waals surface area contributed by atoms with Crippen molar-refractivity contribution in [3.05, 3.63) is 69.8 Å². The third-order valence-electron chi connectivity index (χ3n) is 7.15. The van der Waals surface area contributed by atoms with Gasteiger partial charge in [0.2, 0.25) is 11.9 Å². The van der Waals surface area contributed by atoms with Crippen molar-refractivity contribution in [3.63, 3.8) is 0 Å². The Hall–Kier alpha value is -3.54. The van der Waals surface area contributed by atoms with Gasteiger partial charge in [0.15, 0.2) is 0 Å². The van der Waals surface area contributed by atoms with Gasteiger partial charge < -0.3 is 30.1 Å². The number of nitrogens with one attached hydrogen (secondary N) is 2. The van der Waals surface area contributed by atoms with Crippen LogP contribution in [-0.2, 0) is 16.1 Å². The molecule has 2 aromatic carbocycles. The smallest absolute Gasteiger partial charge is 0.254 e. The Kier molecular flexibility index (Phi) is 8.63. The molecule has 2 amide bonds. The van der Waals surface area contributed by atoms with Crippen molar-refractivity contribution in [2.75, 3.05) is 32.2 Å². The van der Waals surface area contributed by atoms with E-state index in [1.807, 2.05) is 24.3 Å². The maximum absolute atomic E-state index is 13.3. The predicted molar refractivity (Wildman–Crippen MR) is 153 cm³/mol. The van der Waals surface area contributed by atoms with Gasteiger partial charge in [-0.1, -0.05) is 24.3 Å². The zero-order valence-corrected chi connectivity index (χ0v) is 24.0. The molecule has 1 aromatic heterocycles. The minimum atomic E-state index is -0.845. The van der Waals surface area contributed by atoms with Crippen LogP contribution in [0.2, 0.25) is 0 Å². The second-order valence-electron chi connectivity index (χ2n) is 10.0. The highest BCUT2D eigenvalue weighted by molar-refractivity contribution is 9.10. The van der Waals surface area contributed by atoms with Gasteiger partial charge in [0.1, 0.15) is 12.3 Å². The fourth-order valence-electron chi connectivity index (χ4n) is 5.01. The highest BCUT2D eigenvalue weighted by Gasteiger charge is 2.31. The number of methoxy groups -OCH3 is 1. The van der Waals surface area contributed by atoms with Crippen LogP contribution in [0.1, 0.15) is 47.3 Å². The first-order chi connectivity index (χ1) is 19.3. The van der Waals surface area contributed by atoms with E-state index in [4.69, 9.17) is 14.5 Å². The monoisotopic (exact) mass is 609 g/mol. The first-order valence-electron chi connectivity index (χ1n) is 13.2. The minimum Gasteiger partial charge on any atom is -0.497 e. The first kappa shape index (κ1) is 28.0. The summed E-state index contributed by atoms with van der Waals surface area (Å²) in [5.74, 6) is 0.560. The topological polar surface area (TPSA) is 126 Å². The molecule has 40 heavy (non-hydrogen) atoms. The number of anilines is 1. The van der Waals surface area contributed by atoms with E-state index in [2.05, 4.69) is 31.5 Å². The largest absolute Gasteiger partial charge is 0.497 e. The number of aliphatic hydroxyl groups is 1. The number of halogens is 1. The number of hydrogen-bond donors (Lipinski definition) is 3. The third-order valence-corrected chi connectivity index (χ3v) is 7.73. The lowest BCUT2D eigenvalue weighted by atomic mass is 10.0. The Bertz CT molecular complexity index is 1390. The molecule has 0 unspecified atom stereocenters. The molecule has 2 aliphatic heterocycles. The van der Waals surface area contributed by atoms with Gasteiger partial charge in [0.25, 0.3) is 5.91 Å². The van der Waals surface area contributed by atoms with Crippen LogP contribution in [0.4, 0.5) is 5.95 Å². The second kappa shape index (κ2) is 12.3. The zero-order valence-electron chi connectivity index (χ0n) is 22.4. The summed E-state index contributed by atoms with van der Waals surface area (Å²) in [6, 6.07) is 12.4. The molecule has 11 heteroatoms. The van der Waals surface area contributed by atoms with Gasteiger partial charge >= 0.3 is 0 Å². The number of carbonyl (C=O) groups is 2. The Morgan fingerprint density at radius 2 is 2.05 bits per heavy atom. The van der Waals surface area contributed by atoms with Gasteiger partial charge in [-0.2, -0.15) is 0 Å². The van der Waals surface area contributed by atoms with Crippen molar-refractivity contribution in [2.24, 2.45) is 0 Å². The summed E-state index contributed by atoms with van der Waals surface area (Å²) in [6.45, 7) is 3.22. The van der Waals surface area contributed by atoms with E-state index in [1.54, 1.807) is 38.4 Å². The molecule has 0 radical (unpaired) electrons. The molecule has 0 aliphatic carbocycles. The van der Waals surface area contributed by atoms with Gasteiger partial charge in [-0.05, 0) is 65.0 Å². The lowest BCUT2D eigenvalue weighted by molar-refractivity contribution is -0.123. The molecule has 3 heterocycles. The summed E-state index contributed by atoms with van der Waals surface area (Å²) in [7, 11) is 1.56. The predicted octanol–water partition coefficient (Wildman–Crippen LogP) is 3.70. The third kappa shape index (κ3) is 6.27. The van der Waals surface area contributed by atoms with E-state index in [9.17, 15) is 14.7 Å². The summed E-state index contributed by atoms with van der Waals surface area (Å²) in [4.78, 5) is 36.9. The van der Waals surface area contributed by atoms with Crippen LogP contribution in [0.15, 0.2) is 53.1 Å². The van der Waals surface area contributed by atoms with Crippen LogP contribution in [0.3, 0.4) is 0 Å². The fraction of sp³-hybridized carbons (Fsp3) is 0.379. The molecular weight excluding hydrogens is 578 g/mol. The number of ether oxygens (including phenoxy) is 2. The molecule has 0 saturated carbocycles. The van der Waals surface area contributed by atoms with Gasteiger partial charge in [0.05, 0.1) is 29.4 Å². The molecule has 210 valence electrons. The molecular formula is C29H32BrN5O5. The number of nitrogens with zero attached hydrogens (tertiary/aromatic N) is 3. The standard InChI is InChI=1S/C29H32BrN5O5/c1-17(36)26(18-4-3-5-22(12-18)39-2)33-25(37)16-35-15-20-7-6-19(13-23(20)28(35)38)27-24(30)14-31-29(34-27)32-21-8-10-40-11-9-21/h3-7,12-14,17,21,26,36H,8-11,15-16H2,1-2H3,(H,33,37)(H,31,32,34)/t17-,26+/m0/s1. The van der Waals surface area contributed by atoms with Crippen molar-refractivity contribution in [1.82, 2.24) is 20.2 Å². The summed E-state index contributed by atoms with van der Waals surface area (Å²) in [6.07, 6.45) is 2.64. The minimum absolute atomic E-state index is 0.133. The normalized spacial score (nSPS) is 16.8. The summed E-state index contributed by atoms with van der Waals surface area (Å²) in [5.41, 5.74) is 3.54. The Morgan fingerprint density at radius 1 is 1.25 bits per heavy atom. The number of carbonyl (C=O) groups excluding carboxylic acids is 2. The average molecular weight is 611 g/mol. The Morgan fingerprint density at radius 3 is 2.80 bits per heavy atom. The van der Waals surface area contributed by atoms with Gasteiger partial charge in [-0.15, -0.1) is 0 Å². The van der Waals surface area contributed by atoms with E-state index in [-0.39, 0.29) is 24.4 Å². The van der Waals surface area contributed by atoms with Gasteiger partial charge in [-0.25, -0.2) is 9.97 Å². The quantitative estimate of drug-likeness (QED) is 0.335. The summed E-state index contributed by atoms with van der Waals surface area (Å²) < 4.78 is 11.4. The molecule has 2 aliphatic rings. The number of amides is 2. The highest BCUT2D eigenvalue weighted by atomic mass is 79.9. The summed E-state index contributed by atoms with van der Waals surface area (Å²) in [5, 5.41) is 16.6. The number of hydrogen-bond acceptors (Lipinski definition) is 8. The van der Waals surface area contributed by atoms with Crippen LogP contribution in [0, 0.1) is 0 Å². The summed E-state index contributed by atoms with van der Waals surface area (Å²) >= 11 is 3.55. The molecule has 0 bridgehead atoms. The van der Waals surface area contributed by atoms with Crippen molar-refractivity contribution in [2.45, 2.75) is 44.5 Å². The molecule has 0 spiro atoms. The molecule has 1 saturated heterocycles. The second-order valence-corrected chi connectivity index (χ2v) is 10.9. The van der Waals surface area contributed by atoms with Crippen molar-refractivity contribution < 1.29 is 24.2 Å². The number of rotatable bonds is 9. The Balaban J connectivity index is 1.28. The molecule has 3 N–H and O–H groups in total. The van der Waals surface area contributed by atoms with Crippen molar-refractivity contribution in [3.8, 4) is 17.0 Å². The molecule has 10 nitrogen and oxygen atoms in total. The van der Waals surface area contributed by atoms with Crippen LogP contribution in [0.25, 0.3) is 11.3 Å². The molecule has 2 atom stereocenters. The van der Waals surface area contributed by atoms with E-state index >= 15 is 0 Å². The fourth-order valence-corrected chi connectivity index (χ4v) is 5.43. The SMILES string of the molecule is COc1cccc([C@H](NC(=O)CN2Cc3ccc(-c4nc(NC5CCOCC5)ncc4Br)cc3C2=O)[C@H](C)O)c1. The van der Waals surface area contributed by atoms with Crippen LogP contribution < -0.4 is 15.4 Å². The van der Waals surface area contributed by atoms with Gasteiger partial charge in [0, 0.05) is 43.1 Å². The zero-order chi connectivity index (χ0) is 28.2. The van der Waals surface area contributed by atoms with Gasteiger partial charge in [-0.3, -0.25) is 9.59 Å². The first-order valence-corrected chi connectivity index (χ1v) is 14.0. The number of benzene rings is 2. The van der Waals surface area contributed by atoms with E-state index in [0.29, 0.717) is 52.7 Å². The number of aromatic nitrogens is 2. The average Bonchev–Trinajstić information content (AvgIpc) is 3.27. The van der Waals surface area contributed by atoms with Crippen molar-refractivity contribution in [1.29, 1.82) is 0 Å². The van der Waals surface area contributed by atoms with Crippen LogP contribution in [0.5, 0.6) is 5.75 Å². The maximum atomic E-state index is 13.3.